The normalized spacial score (nSPS) is 10.4. The zero-order valence-electron chi connectivity index (χ0n) is 21.3. The summed E-state index contributed by atoms with van der Waals surface area (Å²) in [6.45, 7) is 4.36. The van der Waals surface area contributed by atoms with Crippen LogP contribution in [0.25, 0.3) is 10.8 Å². The molecule has 0 amide bonds. The van der Waals surface area contributed by atoms with Crippen LogP contribution in [-0.2, 0) is 12.8 Å². The molecule has 0 heterocycles. The Kier molecular flexibility index (Phi) is 8.97. The summed E-state index contributed by atoms with van der Waals surface area (Å²) in [5, 5.41) is 1.56. The molecule has 0 unspecified atom stereocenters. The Hall–Kier alpha value is -3.81. The number of halogens is 1. The summed E-state index contributed by atoms with van der Waals surface area (Å²) in [6, 6.07) is 26.2. The van der Waals surface area contributed by atoms with Crippen LogP contribution < -0.4 is 0 Å². The highest BCUT2D eigenvalue weighted by atomic mass is 19.1. The first-order valence-electron chi connectivity index (χ1n) is 13.1. The fourth-order valence-electron chi connectivity index (χ4n) is 4.23. The van der Waals surface area contributed by atoms with Crippen LogP contribution in [0.1, 0.15) is 79.3 Å². The van der Waals surface area contributed by atoms with Crippen LogP contribution in [0.3, 0.4) is 0 Å². The SMILES string of the molecule is CCCCCc1ccc(C#Cc2ccc(C#Cc3ccc4c(F)c(CCCC)ccc4c3)cc2)cc1. The lowest BCUT2D eigenvalue weighted by atomic mass is 10.0. The zero-order chi connectivity index (χ0) is 25.2. The lowest BCUT2D eigenvalue weighted by Gasteiger charge is -2.06. The Morgan fingerprint density at radius 3 is 1.72 bits per heavy atom. The third-order valence-corrected chi connectivity index (χ3v) is 6.44. The highest BCUT2D eigenvalue weighted by Crippen LogP contribution is 2.23. The first-order valence-corrected chi connectivity index (χ1v) is 13.1. The molecule has 0 aliphatic rings. The standard InChI is InChI=1S/C35H33F/c1-3-5-7-8-27-10-12-28(13-11-27)14-15-29-16-18-30(19-17-29)20-21-31-22-25-34-33(26-31)24-23-32(35(34)36)9-6-4-2/h10-13,16-19,22-26H,3-9H2,1-2H3. The molecule has 0 saturated heterocycles. The molecular formula is C35H33F. The highest BCUT2D eigenvalue weighted by Gasteiger charge is 2.07. The average Bonchev–Trinajstić information content (AvgIpc) is 2.92. The van der Waals surface area contributed by atoms with Crippen molar-refractivity contribution in [3.8, 4) is 23.7 Å². The number of aryl methyl sites for hydroxylation is 2. The maximum Gasteiger partial charge on any atom is 0.134 e. The van der Waals surface area contributed by atoms with Gasteiger partial charge in [0.15, 0.2) is 0 Å². The summed E-state index contributed by atoms with van der Waals surface area (Å²) in [5.74, 6) is 12.8. The maximum absolute atomic E-state index is 14.8. The zero-order valence-corrected chi connectivity index (χ0v) is 21.3. The van der Waals surface area contributed by atoms with Crippen molar-refractivity contribution in [1.82, 2.24) is 0 Å². The van der Waals surface area contributed by atoms with Crippen molar-refractivity contribution in [2.45, 2.75) is 58.8 Å². The van der Waals surface area contributed by atoms with Crippen LogP contribution in [-0.4, -0.2) is 0 Å². The van der Waals surface area contributed by atoms with E-state index in [9.17, 15) is 4.39 Å². The Labute approximate surface area is 215 Å². The van der Waals surface area contributed by atoms with Gasteiger partial charge in [0.05, 0.1) is 0 Å². The third kappa shape index (κ3) is 6.87. The van der Waals surface area contributed by atoms with Gasteiger partial charge in [0, 0.05) is 27.6 Å². The lowest BCUT2D eigenvalue weighted by Crippen LogP contribution is -1.92. The molecule has 0 atom stereocenters. The molecule has 0 bridgehead atoms. The van der Waals surface area contributed by atoms with E-state index >= 15 is 0 Å². The van der Waals surface area contributed by atoms with E-state index in [0.717, 1.165) is 58.9 Å². The van der Waals surface area contributed by atoms with Gasteiger partial charge >= 0.3 is 0 Å². The second-order valence-corrected chi connectivity index (χ2v) is 9.31. The molecule has 0 N–H and O–H groups in total. The van der Waals surface area contributed by atoms with Crippen molar-refractivity contribution in [3.63, 3.8) is 0 Å². The summed E-state index contributed by atoms with van der Waals surface area (Å²) in [6.07, 6.45) is 7.76. The first-order chi connectivity index (χ1) is 17.7. The van der Waals surface area contributed by atoms with Gasteiger partial charge in [-0.1, -0.05) is 87.1 Å². The molecular weight excluding hydrogens is 439 g/mol. The molecule has 0 aromatic heterocycles. The Balaban J connectivity index is 1.41. The molecule has 0 aliphatic heterocycles. The summed E-state index contributed by atoms with van der Waals surface area (Å²) in [7, 11) is 0. The molecule has 0 nitrogen and oxygen atoms in total. The van der Waals surface area contributed by atoms with E-state index in [2.05, 4.69) is 61.8 Å². The van der Waals surface area contributed by atoms with Crippen LogP contribution in [0, 0.1) is 29.5 Å². The van der Waals surface area contributed by atoms with Crippen LogP contribution in [0.15, 0.2) is 78.9 Å². The van der Waals surface area contributed by atoms with Gasteiger partial charge in [-0.15, -0.1) is 0 Å². The molecule has 0 saturated carbocycles. The molecule has 0 aliphatic carbocycles. The minimum Gasteiger partial charge on any atom is -0.206 e. The minimum absolute atomic E-state index is 0.0972. The van der Waals surface area contributed by atoms with Gasteiger partial charge in [-0.3, -0.25) is 0 Å². The second-order valence-electron chi connectivity index (χ2n) is 9.31. The van der Waals surface area contributed by atoms with Crippen LogP contribution >= 0.6 is 0 Å². The minimum atomic E-state index is -0.0972. The predicted octanol–water partition coefficient (Wildman–Crippen LogP) is 8.85. The van der Waals surface area contributed by atoms with Gasteiger partial charge in [-0.2, -0.15) is 0 Å². The molecule has 36 heavy (non-hydrogen) atoms. The van der Waals surface area contributed by atoms with E-state index in [1.165, 1.54) is 24.8 Å². The summed E-state index contributed by atoms with van der Waals surface area (Å²) < 4.78 is 14.8. The van der Waals surface area contributed by atoms with E-state index < -0.39 is 0 Å². The summed E-state index contributed by atoms with van der Waals surface area (Å²) in [4.78, 5) is 0. The van der Waals surface area contributed by atoms with Crippen molar-refractivity contribution in [2.75, 3.05) is 0 Å². The highest BCUT2D eigenvalue weighted by molar-refractivity contribution is 5.85. The van der Waals surface area contributed by atoms with Crippen molar-refractivity contribution in [1.29, 1.82) is 0 Å². The number of unbranched alkanes of at least 4 members (excludes halogenated alkanes) is 3. The smallest absolute Gasteiger partial charge is 0.134 e. The Bertz CT molecular complexity index is 1420. The topological polar surface area (TPSA) is 0 Å². The number of benzene rings is 4. The van der Waals surface area contributed by atoms with Gasteiger partial charge < -0.3 is 0 Å². The molecule has 0 radical (unpaired) electrons. The van der Waals surface area contributed by atoms with E-state index in [1.807, 2.05) is 54.6 Å². The Morgan fingerprint density at radius 1 is 0.556 bits per heavy atom. The summed E-state index contributed by atoms with van der Waals surface area (Å²) >= 11 is 0. The van der Waals surface area contributed by atoms with Gasteiger partial charge in [0.2, 0.25) is 0 Å². The van der Waals surface area contributed by atoms with Crippen LogP contribution in [0.2, 0.25) is 0 Å². The second kappa shape index (κ2) is 12.8. The molecule has 180 valence electrons. The third-order valence-electron chi connectivity index (χ3n) is 6.44. The number of hydrogen-bond acceptors (Lipinski definition) is 0. The van der Waals surface area contributed by atoms with Gasteiger partial charge in [0.1, 0.15) is 5.82 Å². The van der Waals surface area contributed by atoms with Crippen molar-refractivity contribution in [3.05, 3.63) is 118 Å². The van der Waals surface area contributed by atoms with Gasteiger partial charge in [-0.25, -0.2) is 4.39 Å². The molecule has 4 rings (SSSR count). The first kappa shape index (κ1) is 25.3. The van der Waals surface area contributed by atoms with Gasteiger partial charge in [0.25, 0.3) is 0 Å². The monoisotopic (exact) mass is 472 g/mol. The van der Waals surface area contributed by atoms with Gasteiger partial charge in [-0.05, 0) is 90.7 Å². The fraction of sp³-hybridized carbons (Fsp3) is 0.257. The number of hydrogen-bond donors (Lipinski definition) is 0. The van der Waals surface area contributed by atoms with Crippen molar-refractivity contribution >= 4 is 10.8 Å². The fourth-order valence-corrected chi connectivity index (χ4v) is 4.23. The maximum atomic E-state index is 14.8. The molecule has 4 aromatic carbocycles. The molecule has 0 fully saturated rings. The lowest BCUT2D eigenvalue weighted by molar-refractivity contribution is 0.614. The van der Waals surface area contributed by atoms with E-state index in [-0.39, 0.29) is 5.82 Å². The average molecular weight is 473 g/mol. The molecule has 1 heteroatoms. The number of fused-ring (bicyclic) bond motifs is 1. The largest absolute Gasteiger partial charge is 0.206 e. The van der Waals surface area contributed by atoms with E-state index in [0.29, 0.717) is 5.39 Å². The van der Waals surface area contributed by atoms with Crippen molar-refractivity contribution in [2.24, 2.45) is 0 Å². The molecule has 4 aromatic rings. The van der Waals surface area contributed by atoms with Crippen LogP contribution in [0.5, 0.6) is 0 Å². The quantitative estimate of drug-likeness (QED) is 0.186. The van der Waals surface area contributed by atoms with E-state index in [1.54, 1.807) is 0 Å². The predicted molar refractivity (Wildman–Crippen MR) is 151 cm³/mol. The Morgan fingerprint density at radius 2 is 1.11 bits per heavy atom. The van der Waals surface area contributed by atoms with Crippen molar-refractivity contribution < 1.29 is 4.39 Å². The molecule has 0 spiro atoms. The summed E-state index contributed by atoms with van der Waals surface area (Å²) in [5.41, 5.74) is 5.98. The number of rotatable bonds is 7. The van der Waals surface area contributed by atoms with E-state index in [4.69, 9.17) is 0 Å². The van der Waals surface area contributed by atoms with Crippen LogP contribution in [0.4, 0.5) is 4.39 Å².